The molecular formula is C15H14BrFO2. The zero-order valence-corrected chi connectivity index (χ0v) is 12.1. The highest BCUT2D eigenvalue weighted by atomic mass is 79.9. The van der Waals surface area contributed by atoms with Gasteiger partial charge in [0.05, 0.1) is 0 Å². The standard InChI is InChI=1S/C15H14BrFO2/c1-11-2-7-14(17)15(10-11)19-9-8-18-13-5-3-12(16)4-6-13/h2-7,10H,8-9H2,1H3. The zero-order valence-electron chi connectivity index (χ0n) is 10.5. The fraction of sp³-hybridized carbons (Fsp3) is 0.200. The van der Waals surface area contributed by atoms with Crippen LogP contribution in [0, 0.1) is 12.7 Å². The highest BCUT2D eigenvalue weighted by molar-refractivity contribution is 9.10. The minimum absolute atomic E-state index is 0.263. The Morgan fingerprint density at radius 2 is 1.68 bits per heavy atom. The highest BCUT2D eigenvalue weighted by Gasteiger charge is 2.03. The minimum atomic E-state index is -0.353. The van der Waals surface area contributed by atoms with Crippen molar-refractivity contribution in [1.29, 1.82) is 0 Å². The average Bonchev–Trinajstić information content (AvgIpc) is 2.40. The molecule has 2 rings (SSSR count). The molecule has 2 nitrogen and oxygen atoms in total. The van der Waals surface area contributed by atoms with Gasteiger partial charge in [0, 0.05) is 4.47 Å². The fourth-order valence-electron chi connectivity index (χ4n) is 1.56. The van der Waals surface area contributed by atoms with Crippen LogP contribution in [-0.4, -0.2) is 13.2 Å². The molecule has 0 fully saturated rings. The maximum absolute atomic E-state index is 13.4. The molecular weight excluding hydrogens is 311 g/mol. The summed E-state index contributed by atoms with van der Waals surface area (Å²) in [4.78, 5) is 0. The third-order valence-corrected chi connectivity index (χ3v) is 3.04. The number of hydrogen-bond donors (Lipinski definition) is 0. The lowest BCUT2D eigenvalue weighted by Gasteiger charge is -2.09. The molecule has 0 aliphatic carbocycles. The second-order valence-electron chi connectivity index (χ2n) is 4.08. The first-order valence-electron chi connectivity index (χ1n) is 5.92. The van der Waals surface area contributed by atoms with Gasteiger partial charge in [0.25, 0.3) is 0 Å². The first kappa shape index (κ1) is 13.9. The van der Waals surface area contributed by atoms with E-state index in [0.29, 0.717) is 13.2 Å². The van der Waals surface area contributed by atoms with Gasteiger partial charge in [-0.15, -0.1) is 0 Å². The monoisotopic (exact) mass is 324 g/mol. The summed E-state index contributed by atoms with van der Waals surface area (Å²) in [6, 6.07) is 12.3. The van der Waals surface area contributed by atoms with Crippen LogP contribution in [-0.2, 0) is 0 Å². The van der Waals surface area contributed by atoms with E-state index in [1.54, 1.807) is 12.1 Å². The summed E-state index contributed by atoms with van der Waals surface area (Å²) in [7, 11) is 0. The molecule has 0 amide bonds. The van der Waals surface area contributed by atoms with E-state index in [0.717, 1.165) is 15.8 Å². The van der Waals surface area contributed by atoms with E-state index in [4.69, 9.17) is 9.47 Å². The van der Waals surface area contributed by atoms with Crippen LogP contribution in [0.5, 0.6) is 11.5 Å². The van der Waals surface area contributed by atoms with Crippen molar-refractivity contribution in [3.8, 4) is 11.5 Å². The van der Waals surface area contributed by atoms with Crippen molar-refractivity contribution in [3.05, 3.63) is 58.3 Å². The molecule has 0 atom stereocenters. The first-order valence-corrected chi connectivity index (χ1v) is 6.72. The van der Waals surface area contributed by atoms with Crippen LogP contribution in [0.2, 0.25) is 0 Å². The lowest BCUT2D eigenvalue weighted by Crippen LogP contribution is -2.09. The third kappa shape index (κ3) is 4.24. The van der Waals surface area contributed by atoms with Gasteiger partial charge in [0.15, 0.2) is 11.6 Å². The molecule has 0 radical (unpaired) electrons. The van der Waals surface area contributed by atoms with Gasteiger partial charge in [-0.1, -0.05) is 22.0 Å². The van der Waals surface area contributed by atoms with Gasteiger partial charge < -0.3 is 9.47 Å². The summed E-state index contributed by atoms with van der Waals surface area (Å²) in [5, 5.41) is 0. The smallest absolute Gasteiger partial charge is 0.165 e. The average molecular weight is 325 g/mol. The summed E-state index contributed by atoms with van der Waals surface area (Å²) in [6.45, 7) is 2.57. The van der Waals surface area contributed by atoms with Gasteiger partial charge in [0.1, 0.15) is 19.0 Å². The van der Waals surface area contributed by atoms with Crippen LogP contribution in [0.1, 0.15) is 5.56 Å². The van der Waals surface area contributed by atoms with Crippen LogP contribution in [0.25, 0.3) is 0 Å². The Balaban J connectivity index is 1.80. The molecule has 0 aromatic heterocycles. The molecule has 2 aromatic rings. The molecule has 19 heavy (non-hydrogen) atoms. The Hall–Kier alpha value is -1.55. The lowest BCUT2D eigenvalue weighted by atomic mass is 10.2. The van der Waals surface area contributed by atoms with Gasteiger partial charge in [0.2, 0.25) is 0 Å². The van der Waals surface area contributed by atoms with Gasteiger partial charge >= 0.3 is 0 Å². The second-order valence-corrected chi connectivity index (χ2v) is 5.00. The highest BCUT2D eigenvalue weighted by Crippen LogP contribution is 2.19. The summed E-state index contributed by atoms with van der Waals surface area (Å²) in [5.74, 6) is 0.671. The van der Waals surface area contributed by atoms with E-state index < -0.39 is 0 Å². The van der Waals surface area contributed by atoms with Crippen LogP contribution in [0.15, 0.2) is 46.9 Å². The number of benzene rings is 2. The fourth-order valence-corrected chi connectivity index (χ4v) is 1.83. The van der Waals surface area contributed by atoms with Crippen LogP contribution < -0.4 is 9.47 Å². The Bertz CT molecular complexity index is 540. The van der Waals surface area contributed by atoms with Gasteiger partial charge in [-0.25, -0.2) is 4.39 Å². The molecule has 4 heteroatoms. The van der Waals surface area contributed by atoms with Gasteiger partial charge in [-0.2, -0.15) is 0 Å². The van der Waals surface area contributed by atoms with E-state index in [1.165, 1.54) is 6.07 Å². The van der Waals surface area contributed by atoms with E-state index in [1.807, 2.05) is 31.2 Å². The molecule has 0 unspecified atom stereocenters. The number of hydrogen-bond acceptors (Lipinski definition) is 2. The van der Waals surface area contributed by atoms with Crippen LogP contribution >= 0.6 is 15.9 Å². The summed E-state index contributed by atoms with van der Waals surface area (Å²) < 4.78 is 25.2. The molecule has 2 aromatic carbocycles. The summed E-state index contributed by atoms with van der Waals surface area (Å²) in [5.41, 5.74) is 0.963. The quantitative estimate of drug-likeness (QED) is 0.761. The van der Waals surface area contributed by atoms with E-state index in [9.17, 15) is 4.39 Å². The van der Waals surface area contributed by atoms with Crippen molar-refractivity contribution in [3.63, 3.8) is 0 Å². The molecule has 100 valence electrons. The minimum Gasteiger partial charge on any atom is -0.490 e. The van der Waals surface area contributed by atoms with Crippen molar-refractivity contribution in [2.75, 3.05) is 13.2 Å². The predicted octanol–water partition coefficient (Wildman–Crippen LogP) is 4.35. The Morgan fingerprint density at radius 1 is 1.00 bits per heavy atom. The first-order chi connectivity index (χ1) is 9.15. The number of halogens is 2. The number of ether oxygens (including phenoxy) is 2. The predicted molar refractivity (Wildman–Crippen MR) is 76.3 cm³/mol. The van der Waals surface area contributed by atoms with Crippen LogP contribution in [0.4, 0.5) is 4.39 Å². The van der Waals surface area contributed by atoms with E-state index in [-0.39, 0.29) is 11.6 Å². The van der Waals surface area contributed by atoms with Crippen LogP contribution in [0.3, 0.4) is 0 Å². The molecule has 0 N–H and O–H groups in total. The number of aryl methyl sites for hydroxylation is 1. The van der Waals surface area contributed by atoms with E-state index in [2.05, 4.69) is 15.9 Å². The maximum Gasteiger partial charge on any atom is 0.165 e. The SMILES string of the molecule is Cc1ccc(F)c(OCCOc2ccc(Br)cc2)c1. The normalized spacial score (nSPS) is 10.3. The number of rotatable bonds is 5. The second kappa shape index (κ2) is 6.57. The zero-order chi connectivity index (χ0) is 13.7. The maximum atomic E-state index is 13.4. The third-order valence-electron chi connectivity index (χ3n) is 2.51. The van der Waals surface area contributed by atoms with Crippen molar-refractivity contribution in [1.82, 2.24) is 0 Å². The molecule has 0 bridgehead atoms. The Labute approximate surface area is 120 Å². The largest absolute Gasteiger partial charge is 0.490 e. The van der Waals surface area contributed by atoms with Gasteiger partial charge in [-0.3, -0.25) is 0 Å². The molecule has 0 aliphatic rings. The van der Waals surface area contributed by atoms with Crippen molar-refractivity contribution in [2.24, 2.45) is 0 Å². The van der Waals surface area contributed by atoms with Gasteiger partial charge in [-0.05, 0) is 48.9 Å². The molecule has 0 aliphatic heterocycles. The Kier molecular flexibility index (Phi) is 4.80. The summed E-state index contributed by atoms with van der Waals surface area (Å²) in [6.07, 6.45) is 0. The topological polar surface area (TPSA) is 18.5 Å². The molecule has 0 saturated heterocycles. The molecule has 0 saturated carbocycles. The van der Waals surface area contributed by atoms with E-state index >= 15 is 0 Å². The molecule has 0 heterocycles. The summed E-state index contributed by atoms with van der Waals surface area (Å²) >= 11 is 3.35. The van der Waals surface area contributed by atoms with Crippen molar-refractivity contribution < 1.29 is 13.9 Å². The van der Waals surface area contributed by atoms with Crippen molar-refractivity contribution >= 4 is 15.9 Å². The molecule has 0 spiro atoms. The Morgan fingerprint density at radius 3 is 2.42 bits per heavy atom. The lowest BCUT2D eigenvalue weighted by molar-refractivity contribution is 0.211. The van der Waals surface area contributed by atoms with Crippen molar-refractivity contribution in [2.45, 2.75) is 6.92 Å².